The molecule has 8 heteroatoms. The highest BCUT2D eigenvalue weighted by Crippen LogP contribution is 2.31. The van der Waals surface area contributed by atoms with E-state index in [9.17, 15) is 14.9 Å². The molecule has 0 N–H and O–H groups in total. The van der Waals surface area contributed by atoms with Crippen LogP contribution in [0, 0.1) is 10.1 Å². The molecule has 0 aliphatic rings. The van der Waals surface area contributed by atoms with E-state index in [0.29, 0.717) is 24.4 Å². The van der Waals surface area contributed by atoms with Crippen LogP contribution >= 0.6 is 11.6 Å². The molecule has 7 nitrogen and oxygen atoms in total. The predicted octanol–water partition coefficient (Wildman–Crippen LogP) is 4.66. The van der Waals surface area contributed by atoms with Crippen LogP contribution in [0.2, 0.25) is 5.02 Å². The van der Waals surface area contributed by atoms with Crippen LogP contribution in [0.15, 0.2) is 18.2 Å². The quantitative estimate of drug-likeness (QED) is 0.513. The Morgan fingerprint density at radius 2 is 2.04 bits per heavy atom. The molecule has 0 heterocycles. The highest BCUT2D eigenvalue weighted by molar-refractivity contribution is 6.30. The van der Waals surface area contributed by atoms with E-state index in [1.807, 2.05) is 6.92 Å². The van der Waals surface area contributed by atoms with E-state index in [2.05, 4.69) is 0 Å². The summed E-state index contributed by atoms with van der Waals surface area (Å²) in [4.78, 5) is 24.0. The lowest BCUT2D eigenvalue weighted by Crippen LogP contribution is -2.36. The Morgan fingerprint density at radius 3 is 2.56 bits per heavy atom. The first-order chi connectivity index (χ1) is 11.5. The number of benzene rings is 1. The lowest BCUT2D eigenvalue weighted by molar-refractivity contribution is -0.386. The number of carbonyl (C=O) groups is 1. The minimum atomic E-state index is -0.562. The molecule has 140 valence electrons. The zero-order chi connectivity index (χ0) is 19.2. The smallest absolute Gasteiger partial charge is 0.410 e. The molecular weight excluding hydrogens is 348 g/mol. The monoisotopic (exact) mass is 372 g/mol. The van der Waals surface area contributed by atoms with Gasteiger partial charge in [-0.1, -0.05) is 18.5 Å². The molecule has 1 amide bonds. The van der Waals surface area contributed by atoms with Crippen LogP contribution in [-0.4, -0.2) is 41.2 Å². The number of hydrogen-bond donors (Lipinski definition) is 0. The number of nitro benzene ring substituents is 1. The van der Waals surface area contributed by atoms with Crippen LogP contribution < -0.4 is 4.74 Å². The molecule has 1 rings (SSSR count). The van der Waals surface area contributed by atoms with E-state index in [0.717, 1.165) is 0 Å². The van der Waals surface area contributed by atoms with Crippen molar-refractivity contribution in [2.45, 2.75) is 52.2 Å². The van der Waals surface area contributed by atoms with Gasteiger partial charge in [0.1, 0.15) is 11.7 Å². The first-order valence-electron chi connectivity index (χ1n) is 8.08. The standard InChI is InChI=1S/C17H25ClN2O5/c1-6-13(9-10-19(5)16(21)25-17(2,3)4)24-15-11-12(18)7-8-14(15)20(22)23/h7-8,11,13H,6,9-10H2,1-5H3. The molecule has 1 aromatic rings. The topological polar surface area (TPSA) is 81.9 Å². The Hall–Kier alpha value is -2.02. The molecule has 25 heavy (non-hydrogen) atoms. The summed E-state index contributed by atoms with van der Waals surface area (Å²) in [5.41, 5.74) is -0.698. The van der Waals surface area contributed by atoms with Gasteiger partial charge >= 0.3 is 11.8 Å². The number of amides is 1. The number of nitrogens with zero attached hydrogens (tertiary/aromatic N) is 2. The molecule has 0 spiro atoms. The van der Waals surface area contributed by atoms with Crippen LogP contribution in [0.4, 0.5) is 10.5 Å². The average Bonchev–Trinajstić information content (AvgIpc) is 2.48. The molecule has 0 radical (unpaired) electrons. The van der Waals surface area contributed by atoms with Gasteiger partial charge in [-0.3, -0.25) is 10.1 Å². The zero-order valence-corrected chi connectivity index (χ0v) is 16.0. The first kappa shape index (κ1) is 21.0. The van der Waals surface area contributed by atoms with Gasteiger partial charge in [0.25, 0.3) is 0 Å². The number of rotatable bonds is 7. The molecule has 1 unspecified atom stereocenters. The molecule has 0 saturated heterocycles. The summed E-state index contributed by atoms with van der Waals surface area (Å²) >= 11 is 5.91. The van der Waals surface area contributed by atoms with Crippen molar-refractivity contribution in [2.75, 3.05) is 13.6 Å². The summed E-state index contributed by atoms with van der Waals surface area (Å²) in [5.74, 6) is 0.129. The average molecular weight is 373 g/mol. The Balaban J connectivity index is 2.71. The molecule has 0 aliphatic carbocycles. The minimum Gasteiger partial charge on any atom is -0.483 e. The normalized spacial score (nSPS) is 12.4. The molecule has 0 aliphatic heterocycles. The molecule has 0 bridgehead atoms. The highest BCUT2D eigenvalue weighted by atomic mass is 35.5. The second-order valence-corrected chi connectivity index (χ2v) is 7.14. The van der Waals surface area contributed by atoms with E-state index in [4.69, 9.17) is 21.1 Å². The lowest BCUT2D eigenvalue weighted by Gasteiger charge is -2.26. The van der Waals surface area contributed by atoms with Gasteiger partial charge in [-0.25, -0.2) is 4.79 Å². The third kappa shape index (κ3) is 7.17. The van der Waals surface area contributed by atoms with Crippen LogP contribution in [0.1, 0.15) is 40.5 Å². The van der Waals surface area contributed by atoms with Crippen LogP contribution in [-0.2, 0) is 4.74 Å². The second-order valence-electron chi connectivity index (χ2n) is 6.71. The third-order valence-corrected chi connectivity index (χ3v) is 3.59. The van der Waals surface area contributed by atoms with Gasteiger partial charge in [-0.15, -0.1) is 0 Å². The van der Waals surface area contributed by atoms with Crippen molar-refractivity contribution in [1.29, 1.82) is 0 Å². The second kappa shape index (κ2) is 8.89. The minimum absolute atomic E-state index is 0.129. The Kier molecular flexibility index (Phi) is 7.48. The lowest BCUT2D eigenvalue weighted by atomic mass is 10.2. The van der Waals surface area contributed by atoms with Crippen LogP contribution in [0.3, 0.4) is 0 Å². The number of hydrogen-bond acceptors (Lipinski definition) is 5. The summed E-state index contributed by atoms with van der Waals surface area (Å²) in [5, 5.41) is 11.5. The van der Waals surface area contributed by atoms with Gasteiger partial charge in [0, 0.05) is 37.2 Å². The maximum absolute atomic E-state index is 12.0. The number of nitro groups is 1. The first-order valence-corrected chi connectivity index (χ1v) is 8.46. The fourth-order valence-corrected chi connectivity index (χ4v) is 2.19. The van der Waals surface area contributed by atoms with Gasteiger partial charge < -0.3 is 14.4 Å². The van der Waals surface area contributed by atoms with Gasteiger partial charge in [0.05, 0.1) is 4.92 Å². The van der Waals surface area contributed by atoms with E-state index in [1.54, 1.807) is 27.8 Å². The van der Waals surface area contributed by atoms with Crippen LogP contribution in [0.5, 0.6) is 5.75 Å². The Labute approximate surface area is 153 Å². The summed E-state index contributed by atoms with van der Waals surface area (Å²) in [7, 11) is 1.64. The summed E-state index contributed by atoms with van der Waals surface area (Å²) in [6.07, 6.45) is 0.431. The number of carbonyl (C=O) groups excluding carboxylic acids is 1. The van der Waals surface area contributed by atoms with Crippen molar-refractivity contribution in [1.82, 2.24) is 4.90 Å². The zero-order valence-electron chi connectivity index (χ0n) is 15.2. The molecule has 0 fully saturated rings. The van der Waals surface area contributed by atoms with Crippen molar-refractivity contribution >= 4 is 23.4 Å². The molecular formula is C17H25ClN2O5. The van der Waals surface area contributed by atoms with E-state index >= 15 is 0 Å². The van der Waals surface area contributed by atoms with E-state index in [-0.39, 0.29) is 17.5 Å². The van der Waals surface area contributed by atoms with Crippen molar-refractivity contribution in [3.8, 4) is 5.75 Å². The number of halogens is 1. The van der Waals surface area contributed by atoms with Crippen molar-refractivity contribution in [2.24, 2.45) is 0 Å². The summed E-state index contributed by atoms with van der Waals surface area (Å²) in [6.45, 7) is 7.72. The van der Waals surface area contributed by atoms with E-state index < -0.39 is 16.6 Å². The molecule has 0 aromatic heterocycles. The third-order valence-electron chi connectivity index (χ3n) is 3.36. The predicted molar refractivity (Wildman–Crippen MR) is 96.3 cm³/mol. The Morgan fingerprint density at radius 1 is 1.40 bits per heavy atom. The fraction of sp³-hybridized carbons (Fsp3) is 0.588. The van der Waals surface area contributed by atoms with Gasteiger partial charge in [-0.2, -0.15) is 0 Å². The summed E-state index contributed by atoms with van der Waals surface area (Å²) in [6, 6.07) is 4.20. The van der Waals surface area contributed by atoms with Gasteiger partial charge in [0.2, 0.25) is 0 Å². The summed E-state index contributed by atoms with van der Waals surface area (Å²) < 4.78 is 11.1. The molecule has 1 aromatic carbocycles. The highest BCUT2D eigenvalue weighted by Gasteiger charge is 2.22. The maximum atomic E-state index is 12.0. The van der Waals surface area contributed by atoms with Crippen molar-refractivity contribution in [3.05, 3.63) is 33.3 Å². The van der Waals surface area contributed by atoms with E-state index in [1.165, 1.54) is 23.1 Å². The van der Waals surface area contributed by atoms with Gasteiger partial charge in [0.15, 0.2) is 5.75 Å². The molecule has 1 atom stereocenters. The fourth-order valence-electron chi connectivity index (χ4n) is 2.03. The number of ether oxygens (including phenoxy) is 2. The van der Waals surface area contributed by atoms with Crippen LogP contribution in [0.25, 0.3) is 0 Å². The largest absolute Gasteiger partial charge is 0.483 e. The molecule has 0 saturated carbocycles. The van der Waals surface area contributed by atoms with Crippen molar-refractivity contribution in [3.63, 3.8) is 0 Å². The Bertz CT molecular complexity index is 616. The van der Waals surface area contributed by atoms with Gasteiger partial charge in [-0.05, 0) is 33.3 Å². The SMILES string of the molecule is CCC(CCN(C)C(=O)OC(C)(C)C)Oc1cc(Cl)ccc1[N+](=O)[O-]. The maximum Gasteiger partial charge on any atom is 0.410 e. The van der Waals surface area contributed by atoms with Crippen molar-refractivity contribution < 1.29 is 19.2 Å².